The number of halogens is 1. The molecule has 0 bridgehead atoms. The van der Waals surface area contributed by atoms with Crippen molar-refractivity contribution in [2.24, 2.45) is 11.3 Å². The lowest BCUT2D eigenvalue weighted by Crippen LogP contribution is -2.01. The van der Waals surface area contributed by atoms with E-state index in [0.717, 1.165) is 17.0 Å². The number of rotatable bonds is 6. The number of carbonyl (C=O) groups excluding carboxylic acids is 1. The van der Waals surface area contributed by atoms with E-state index in [-0.39, 0.29) is 0 Å². The van der Waals surface area contributed by atoms with Crippen molar-refractivity contribution in [3.8, 4) is 0 Å². The van der Waals surface area contributed by atoms with E-state index in [1.54, 1.807) is 0 Å². The van der Waals surface area contributed by atoms with Crippen molar-refractivity contribution in [3.05, 3.63) is 0 Å². The predicted octanol–water partition coefficient (Wildman–Crippen LogP) is 7.02. The van der Waals surface area contributed by atoms with Crippen LogP contribution < -0.4 is 0 Å². The molecule has 2 heteroatoms. The second-order valence-electron chi connectivity index (χ2n) is 6.63. The zero-order valence-electron chi connectivity index (χ0n) is 15.3. The zero-order chi connectivity index (χ0) is 16.6. The molecule has 20 heavy (non-hydrogen) atoms. The van der Waals surface area contributed by atoms with E-state index in [1.807, 2.05) is 0 Å². The van der Waals surface area contributed by atoms with Crippen molar-refractivity contribution in [1.82, 2.24) is 0 Å². The SMILES string of the molecule is CC=O.CCC(C)(C)C.CCCC(Br)CCC(C)CC. The molecule has 0 aliphatic heterocycles. The van der Waals surface area contributed by atoms with Gasteiger partial charge in [0, 0.05) is 4.83 Å². The fourth-order valence-corrected chi connectivity index (χ4v) is 1.85. The van der Waals surface area contributed by atoms with Crippen LogP contribution in [0.1, 0.15) is 93.9 Å². The molecule has 0 N–H and O–H groups in total. The number of hydrogen-bond donors (Lipinski definition) is 0. The number of carbonyl (C=O) groups is 1. The molecule has 0 aromatic heterocycles. The van der Waals surface area contributed by atoms with E-state index in [0.29, 0.717) is 5.41 Å². The molecule has 0 aromatic carbocycles. The Morgan fingerprint density at radius 1 is 1.05 bits per heavy atom. The van der Waals surface area contributed by atoms with Gasteiger partial charge in [-0.1, -0.05) is 83.7 Å². The second kappa shape index (κ2) is 17.2. The highest BCUT2D eigenvalue weighted by atomic mass is 79.9. The van der Waals surface area contributed by atoms with E-state index in [9.17, 15) is 0 Å². The molecular weight excluding hydrogens is 312 g/mol. The van der Waals surface area contributed by atoms with Gasteiger partial charge in [0.1, 0.15) is 6.29 Å². The third-order valence-electron chi connectivity index (χ3n) is 3.33. The molecule has 124 valence electrons. The van der Waals surface area contributed by atoms with Crippen molar-refractivity contribution >= 4 is 22.2 Å². The zero-order valence-corrected chi connectivity index (χ0v) is 16.8. The monoisotopic (exact) mass is 350 g/mol. The smallest absolute Gasteiger partial charge is 0.116 e. The summed E-state index contributed by atoms with van der Waals surface area (Å²) < 4.78 is 0. The summed E-state index contributed by atoms with van der Waals surface area (Å²) >= 11 is 3.70. The first-order valence-electron chi connectivity index (χ1n) is 8.22. The van der Waals surface area contributed by atoms with Crippen LogP contribution in [-0.4, -0.2) is 11.1 Å². The van der Waals surface area contributed by atoms with Crippen molar-refractivity contribution in [1.29, 1.82) is 0 Å². The van der Waals surface area contributed by atoms with Gasteiger partial charge in [-0.2, -0.15) is 0 Å². The van der Waals surface area contributed by atoms with Crippen molar-refractivity contribution < 1.29 is 4.79 Å². The lowest BCUT2D eigenvalue weighted by molar-refractivity contribution is -0.106. The summed E-state index contributed by atoms with van der Waals surface area (Å²) in [6, 6.07) is 0. The van der Waals surface area contributed by atoms with Crippen LogP contribution in [0.3, 0.4) is 0 Å². The molecule has 0 saturated carbocycles. The highest BCUT2D eigenvalue weighted by Crippen LogP contribution is 2.19. The molecule has 0 rings (SSSR count). The molecule has 0 heterocycles. The van der Waals surface area contributed by atoms with Crippen molar-refractivity contribution in [3.63, 3.8) is 0 Å². The van der Waals surface area contributed by atoms with Crippen LogP contribution in [0.4, 0.5) is 0 Å². The van der Waals surface area contributed by atoms with Gasteiger partial charge in [-0.25, -0.2) is 0 Å². The number of alkyl halides is 1. The molecule has 0 fully saturated rings. The fourth-order valence-electron chi connectivity index (χ4n) is 1.13. The molecule has 1 nitrogen and oxygen atoms in total. The second-order valence-corrected chi connectivity index (χ2v) is 7.92. The number of aldehydes is 1. The number of hydrogen-bond acceptors (Lipinski definition) is 1. The maximum Gasteiger partial charge on any atom is 0.116 e. The molecule has 0 spiro atoms. The van der Waals surface area contributed by atoms with Crippen LogP contribution in [0.25, 0.3) is 0 Å². The van der Waals surface area contributed by atoms with Gasteiger partial charge >= 0.3 is 0 Å². The summed E-state index contributed by atoms with van der Waals surface area (Å²) in [4.78, 5) is 9.57. The molecule has 2 atom stereocenters. The van der Waals surface area contributed by atoms with E-state index in [1.165, 1.54) is 45.4 Å². The average molecular weight is 351 g/mol. The first kappa shape index (κ1) is 25.1. The van der Waals surface area contributed by atoms with Crippen LogP contribution in [0.15, 0.2) is 0 Å². The van der Waals surface area contributed by atoms with E-state index in [4.69, 9.17) is 4.79 Å². The molecule has 2 unspecified atom stereocenters. The van der Waals surface area contributed by atoms with Gasteiger partial charge in [-0.05, 0) is 37.5 Å². The minimum Gasteiger partial charge on any atom is -0.304 e. The third kappa shape index (κ3) is 30.9. The summed E-state index contributed by atoms with van der Waals surface area (Å²) in [6.45, 7) is 17.2. The van der Waals surface area contributed by atoms with Gasteiger partial charge in [0.2, 0.25) is 0 Å². The summed E-state index contributed by atoms with van der Waals surface area (Å²) in [5.41, 5.74) is 0.542. The maximum atomic E-state index is 8.81. The van der Waals surface area contributed by atoms with E-state index in [2.05, 4.69) is 64.4 Å². The van der Waals surface area contributed by atoms with Crippen LogP contribution in [0.2, 0.25) is 0 Å². The van der Waals surface area contributed by atoms with Gasteiger partial charge in [-0.3, -0.25) is 0 Å². The largest absolute Gasteiger partial charge is 0.304 e. The first-order valence-corrected chi connectivity index (χ1v) is 9.13. The molecule has 0 aromatic rings. The van der Waals surface area contributed by atoms with Gasteiger partial charge < -0.3 is 4.79 Å². The van der Waals surface area contributed by atoms with Gasteiger partial charge in [0.15, 0.2) is 0 Å². The van der Waals surface area contributed by atoms with Crippen molar-refractivity contribution in [2.45, 2.75) is 98.7 Å². The van der Waals surface area contributed by atoms with Crippen LogP contribution in [0.5, 0.6) is 0 Å². The maximum absolute atomic E-state index is 8.81. The summed E-state index contributed by atoms with van der Waals surface area (Å²) in [5.74, 6) is 0.909. The molecular formula is C18H39BrO. The Morgan fingerprint density at radius 2 is 1.45 bits per heavy atom. The molecule has 0 aliphatic rings. The lowest BCUT2D eigenvalue weighted by atomic mass is 9.94. The summed E-state index contributed by atoms with van der Waals surface area (Å²) in [6.07, 6.45) is 8.71. The minimum absolute atomic E-state index is 0.542. The van der Waals surface area contributed by atoms with Crippen LogP contribution >= 0.6 is 15.9 Å². The van der Waals surface area contributed by atoms with Crippen LogP contribution in [-0.2, 0) is 4.79 Å². The summed E-state index contributed by atoms with van der Waals surface area (Å²) in [7, 11) is 0. The van der Waals surface area contributed by atoms with Gasteiger partial charge in [-0.15, -0.1) is 0 Å². The quantitative estimate of drug-likeness (QED) is 0.371. The van der Waals surface area contributed by atoms with Gasteiger partial charge in [0.25, 0.3) is 0 Å². The molecule has 0 aliphatic carbocycles. The fraction of sp³-hybridized carbons (Fsp3) is 0.944. The Kier molecular flexibility index (Phi) is 21.6. The van der Waals surface area contributed by atoms with Crippen molar-refractivity contribution in [2.75, 3.05) is 0 Å². The summed E-state index contributed by atoms with van der Waals surface area (Å²) in [5, 5.41) is 0. The lowest BCUT2D eigenvalue weighted by Gasteiger charge is -2.12. The topological polar surface area (TPSA) is 17.1 Å². The Bertz CT molecular complexity index is 184. The Hall–Kier alpha value is 0.150. The first-order chi connectivity index (χ1) is 9.18. The Morgan fingerprint density at radius 3 is 1.70 bits per heavy atom. The standard InChI is InChI=1S/C10H21Br.C6H14.C2H4O/c1-4-6-10(11)8-7-9(3)5-2;1-5-6(2,3)4;1-2-3/h9-10H,4-8H2,1-3H3;5H2,1-4H3;2H,1H3. The third-order valence-corrected chi connectivity index (χ3v) is 4.25. The minimum atomic E-state index is 0.542. The van der Waals surface area contributed by atoms with E-state index < -0.39 is 0 Å². The van der Waals surface area contributed by atoms with Crippen LogP contribution in [0, 0.1) is 11.3 Å². The molecule has 0 radical (unpaired) electrons. The van der Waals surface area contributed by atoms with Gasteiger partial charge in [0.05, 0.1) is 0 Å². The Labute approximate surface area is 137 Å². The highest BCUT2D eigenvalue weighted by molar-refractivity contribution is 9.09. The normalized spacial score (nSPS) is 13.2. The Balaban J connectivity index is -0.000000270. The van der Waals surface area contributed by atoms with E-state index >= 15 is 0 Å². The molecule has 0 amide bonds. The average Bonchev–Trinajstić information content (AvgIpc) is 2.37. The highest BCUT2D eigenvalue weighted by Gasteiger charge is 2.05. The predicted molar refractivity (Wildman–Crippen MR) is 97.8 cm³/mol. The molecule has 0 saturated heterocycles.